The summed E-state index contributed by atoms with van der Waals surface area (Å²) in [7, 11) is 0. The molecule has 144 valence electrons. The number of fused-ring (bicyclic) bond motifs is 3. The summed E-state index contributed by atoms with van der Waals surface area (Å²) in [6, 6.07) is 11.5. The highest BCUT2D eigenvalue weighted by Crippen LogP contribution is 2.33. The fourth-order valence-electron chi connectivity index (χ4n) is 4.05. The number of aryl methyl sites for hydroxylation is 2. The molecule has 5 heteroatoms. The number of hydrogen-bond donors (Lipinski definition) is 3. The molecule has 4 rings (SSSR count). The molecular formula is C23H25N3O2. The standard InChI is InChI=1S/C23H25N3O2/c1-13-7-9-19-18(11-13)16-5-4-6-17(22(16)25-19)23(28)26-21-12-14(2)8-10-20(21)24-15(3)27/h4-6,8,10,12-13,25H,7,9,11H2,1-3H3,(H,24,27)(H,26,28). The predicted octanol–water partition coefficient (Wildman–Crippen LogP) is 4.81. The molecule has 1 aromatic heterocycles. The molecule has 0 spiro atoms. The molecule has 1 aliphatic carbocycles. The molecule has 28 heavy (non-hydrogen) atoms. The third kappa shape index (κ3) is 3.40. The van der Waals surface area contributed by atoms with Gasteiger partial charge in [-0.1, -0.05) is 25.1 Å². The van der Waals surface area contributed by atoms with E-state index in [1.807, 2.05) is 37.3 Å². The summed E-state index contributed by atoms with van der Waals surface area (Å²) in [5.41, 5.74) is 6.32. The number of aromatic amines is 1. The molecule has 0 saturated carbocycles. The zero-order chi connectivity index (χ0) is 19.8. The number of aromatic nitrogens is 1. The first-order valence-corrected chi connectivity index (χ1v) is 9.74. The van der Waals surface area contributed by atoms with Gasteiger partial charge in [-0.25, -0.2) is 0 Å². The number of hydrogen-bond acceptors (Lipinski definition) is 2. The Morgan fingerprint density at radius 1 is 1.11 bits per heavy atom. The average molecular weight is 375 g/mol. The Morgan fingerprint density at radius 2 is 1.93 bits per heavy atom. The van der Waals surface area contributed by atoms with E-state index in [0.717, 1.165) is 29.3 Å². The van der Waals surface area contributed by atoms with Crippen LogP contribution < -0.4 is 10.6 Å². The number of carbonyl (C=O) groups is 2. The zero-order valence-corrected chi connectivity index (χ0v) is 16.5. The van der Waals surface area contributed by atoms with Crippen LogP contribution in [-0.2, 0) is 17.6 Å². The van der Waals surface area contributed by atoms with Gasteiger partial charge in [-0.15, -0.1) is 0 Å². The molecule has 2 amide bonds. The van der Waals surface area contributed by atoms with Gasteiger partial charge in [0.15, 0.2) is 0 Å². The summed E-state index contributed by atoms with van der Waals surface area (Å²) in [4.78, 5) is 28.1. The van der Waals surface area contributed by atoms with Crippen molar-refractivity contribution in [3.63, 3.8) is 0 Å². The second-order valence-corrected chi connectivity index (χ2v) is 7.84. The van der Waals surface area contributed by atoms with E-state index in [1.165, 1.54) is 24.6 Å². The van der Waals surface area contributed by atoms with Crippen LogP contribution in [0.3, 0.4) is 0 Å². The molecule has 0 aliphatic heterocycles. The Hall–Kier alpha value is -3.08. The van der Waals surface area contributed by atoms with Crippen molar-refractivity contribution in [2.24, 2.45) is 5.92 Å². The summed E-state index contributed by atoms with van der Waals surface area (Å²) in [5.74, 6) is 0.304. The number of rotatable bonds is 3. The highest BCUT2D eigenvalue weighted by molar-refractivity contribution is 6.14. The monoisotopic (exact) mass is 375 g/mol. The van der Waals surface area contributed by atoms with Crippen LogP contribution in [0, 0.1) is 12.8 Å². The molecule has 0 saturated heterocycles. The zero-order valence-electron chi connectivity index (χ0n) is 16.5. The summed E-state index contributed by atoms with van der Waals surface area (Å²) < 4.78 is 0. The van der Waals surface area contributed by atoms with Crippen molar-refractivity contribution in [1.29, 1.82) is 0 Å². The van der Waals surface area contributed by atoms with Crippen LogP contribution in [0.4, 0.5) is 11.4 Å². The molecule has 3 N–H and O–H groups in total. The van der Waals surface area contributed by atoms with Crippen molar-refractivity contribution < 1.29 is 9.59 Å². The van der Waals surface area contributed by atoms with Gasteiger partial charge in [0.25, 0.3) is 5.91 Å². The van der Waals surface area contributed by atoms with E-state index in [9.17, 15) is 9.59 Å². The lowest BCUT2D eigenvalue weighted by Crippen LogP contribution is -2.15. The Balaban J connectivity index is 1.71. The first-order valence-electron chi connectivity index (χ1n) is 9.74. The molecule has 1 heterocycles. The second-order valence-electron chi connectivity index (χ2n) is 7.84. The van der Waals surface area contributed by atoms with Gasteiger partial charge < -0.3 is 15.6 Å². The van der Waals surface area contributed by atoms with Gasteiger partial charge in [-0.3, -0.25) is 9.59 Å². The van der Waals surface area contributed by atoms with E-state index in [4.69, 9.17) is 0 Å². The predicted molar refractivity (Wildman–Crippen MR) is 113 cm³/mol. The number of H-pyrrole nitrogens is 1. The Morgan fingerprint density at radius 3 is 2.71 bits per heavy atom. The van der Waals surface area contributed by atoms with E-state index < -0.39 is 0 Å². The van der Waals surface area contributed by atoms with Gasteiger partial charge in [-0.05, 0) is 61.4 Å². The Kier molecular flexibility index (Phi) is 4.67. The maximum absolute atomic E-state index is 13.1. The molecule has 0 bridgehead atoms. The number of amides is 2. The SMILES string of the molecule is CC(=O)Nc1ccc(C)cc1NC(=O)c1cccc2c3c([nH]c12)CCC(C)C3. The van der Waals surface area contributed by atoms with E-state index in [1.54, 1.807) is 0 Å². The number of para-hydroxylation sites is 1. The number of carbonyl (C=O) groups excluding carboxylic acids is 2. The molecular weight excluding hydrogens is 350 g/mol. The van der Waals surface area contributed by atoms with Crippen LogP contribution in [0.5, 0.6) is 0 Å². The van der Waals surface area contributed by atoms with Gasteiger partial charge in [-0.2, -0.15) is 0 Å². The van der Waals surface area contributed by atoms with Crippen LogP contribution in [-0.4, -0.2) is 16.8 Å². The van der Waals surface area contributed by atoms with Crippen molar-refractivity contribution in [3.8, 4) is 0 Å². The number of anilines is 2. The average Bonchev–Trinajstić information content (AvgIpc) is 3.01. The van der Waals surface area contributed by atoms with Gasteiger partial charge in [0, 0.05) is 18.0 Å². The molecule has 0 radical (unpaired) electrons. The molecule has 3 aromatic rings. The fourth-order valence-corrected chi connectivity index (χ4v) is 4.05. The minimum atomic E-state index is -0.186. The second kappa shape index (κ2) is 7.15. The first kappa shape index (κ1) is 18.3. The minimum absolute atomic E-state index is 0.174. The maximum Gasteiger partial charge on any atom is 0.257 e. The molecule has 1 unspecified atom stereocenters. The largest absolute Gasteiger partial charge is 0.358 e. The van der Waals surface area contributed by atoms with Gasteiger partial charge in [0.1, 0.15) is 0 Å². The van der Waals surface area contributed by atoms with Crippen molar-refractivity contribution >= 4 is 34.1 Å². The Labute approximate surface area is 164 Å². The van der Waals surface area contributed by atoms with Gasteiger partial charge in [0.05, 0.1) is 22.5 Å². The lowest BCUT2D eigenvalue weighted by Gasteiger charge is -2.17. The van der Waals surface area contributed by atoms with Crippen molar-refractivity contribution in [1.82, 2.24) is 4.98 Å². The molecule has 1 aliphatic rings. The van der Waals surface area contributed by atoms with E-state index in [2.05, 4.69) is 28.6 Å². The van der Waals surface area contributed by atoms with Crippen molar-refractivity contribution in [2.45, 2.75) is 40.0 Å². The summed E-state index contributed by atoms with van der Waals surface area (Å²) in [6.07, 6.45) is 3.24. The summed E-state index contributed by atoms with van der Waals surface area (Å²) in [6.45, 7) is 5.68. The highest BCUT2D eigenvalue weighted by Gasteiger charge is 2.22. The third-order valence-electron chi connectivity index (χ3n) is 5.45. The first-order chi connectivity index (χ1) is 13.4. The van der Waals surface area contributed by atoms with E-state index >= 15 is 0 Å². The molecule has 2 aromatic carbocycles. The van der Waals surface area contributed by atoms with E-state index in [-0.39, 0.29) is 11.8 Å². The number of benzene rings is 2. The van der Waals surface area contributed by atoms with Gasteiger partial charge >= 0.3 is 0 Å². The van der Waals surface area contributed by atoms with Crippen LogP contribution >= 0.6 is 0 Å². The lowest BCUT2D eigenvalue weighted by atomic mass is 9.87. The maximum atomic E-state index is 13.1. The summed E-state index contributed by atoms with van der Waals surface area (Å²) in [5, 5.41) is 6.90. The lowest BCUT2D eigenvalue weighted by molar-refractivity contribution is -0.114. The summed E-state index contributed by atoms with van der Waals surface area (Å²) >= 11 is 0. The van der Waals surface area contributed by atoms with Crippen molar-refractivity contribution in [3.05, 3.63) is 58.8 Å². The number of nitrogens with one attached hydrogen (secondary N) is 3. The highest BCUT2D eigenvalue weighted by atomic mass is 16.2. The third-order valence-corrected chi connectivity index (χ3v) is 5.45. The van der Waals surface area contributed by atoms with Crippen LogP contribution in [0.1, 0.15) is 47.4 Å². The topological polar surface area (TPSA) is 74.0 Å². The van der Waals surface area contributed by atoms with Gasteiger partial charge in [0.2, 0.25) is 5.91 Å². The minimum Gasteiger partial charge on any atom is -0.358 e. The quantitative estimate of drug-likeness (QED) is 0.614. The van der Waals surface area contributed by atoms with Crippen molar-refractivity contribution in [2.75, 3.05) is 10.6 Å². The Bertz CT molecular complexity index is 1080. The van der Waals surface area contributed by atoms with E-state index in [0.29, 0.717) is 22.9 Å². The van der Waals surface area contributed by atoms with Crippen LogP contribution in [0.2, 0.25) is 0 Å². The molecule has 1 atom stereocenters. The molecule has 0 fully saturated rings. The fraction of sp³-hybridized carbons (Fsp3) is 0.304. The molecule has 5 nitrogen and oxygen atoms in total. The smallest absolute Gasteiger partial charge is 0.257 e. The normalized spacial score (nSPS) is 15.9. The van der Waals surface area contributed by atoms with Crippen LogP contribution in [0.15, 0.2) is 36.4 Å². The van der Waals surface area contributed by atoms with Crippen LogP contribution in [0.25, 0.3) is 10.9 Å².